The predicted octanol–water partition coefficient (Wildman–Crippen LogP) is 4.20. The summed E-state index contributed by atoms with van der Waals surface area (Å²) >= 11 is 0. The van der Waals surface area contributed by atoms with E-state index < -0.39 is 5.97 Å². The lowest BCUT2D eigenvalue weighted by Gasteiger charge is -2.04. The van der Waals surface area contributed by atoms with Crippen molar-refractivity contribution in [1.82, 2.24) is 0 Å². The normalized spacial score (nSPS) is 10.8. The van der Waals surface area contributed by atoms with E-state index in [0.29, 0.717) is 25.0 Å². The Kier molecular flexibility index (Phi) is 10.7. The highest BCUT2D eigenvalue weighted by atomic mass is 16.4. The molecule has 0 aliphatic heterocycles. The van der Waals surface area contributed by atoms with Crippen LogP contribution < -0.4 is 0 Å². The van der Waals surface area contributed by atoms with Gasteiger partial charge < -0.3 is 5.11 Å². The third-order valence-corrected chi connectivity index (χ3v) is 3.08. The highest BCUT2D eigenvalue weighted by Crippen LogP contribution is 2.11. The van der Waals surface area contributed by atoms with E-state index in [4.69, 9.17) is 5.11 Å². The molecule has 0 fully saturated rings. The molecule has 0 rings (SSSR count). The average molecular weight is 256 g/mol. The lowest BCUT2D eigenvalue weighted by atomic mass is 10.0. The van der Waals surface area contributed by atoms with Crippen molar-refractivity contribution < 1.29 is 14.7 Å². The first-order chi connectivity index (χ1) is 8.52. The van der Waals surface area contributed by atoms with Gasteiger partial charge in [-0.3, -0.25) is 9.59 Å². The minimum absolute atomic E-state index is 0.226. The van der Waals surface area contributed by atoms with Gasteiger partial charge in [-0.05, 0) is 25.2 Å². The second-order valence-electron chi connectivity index (χ2n) is 5.49. The van der Waals surface area contributed by atoms with Gasteiger partial charge in [-0.25, -0.2) is 0 Å². The van der Waals surface area contributed by atoms with E-state index in [-0.39, 0.29) is 6.42 Å². The Balaban J connectivity index is 3.25. The van der Waals surface area contributed by atoms with Crippen molar-refractivity contribution >= 4 is 11.8 Å². The summed E-state index contributed by atoms with van der Waals surface area (Å²) in [6, 6.07) is 0. The molecule has 3 nitrogen and oxygen atoms in total. The monoisotopic (exact) mass is 256 g/mol. The molecule has 0 amide bonds. The largest absolute Gasteiger partial charge is 0.481 e. The van der Waals surface area contributed by atoms with Gasteiger partial charge in [0.2, 0.25) is 0 Å². The van der Waals surface area contributed by atoms with Gasteiger partial charge in [0.05, 0.1) is 0 Å². The lowest BCUT2D eigenvalue weighted by molar-refractivity contribution is -0.137. The van der Waals surface area contributed by atoms with Crippen LogP contribution in [0.1, 0.15) is 78.1 Å². The molecule has 0 saturated heterocycles. The fourth-order valence-corrected chi connectivity index (χ4v) is 1.95. The maximum Gasteiger partial charge on any atom is 0.303 e. The first kappa shape index (κ1) is 17.1. The average Bonchev–Trinajstić information content (AvgIpc) is 2.27. The SMILES string of the molecule is CC(C)CCCCCC(=O)CCCCCC(=O)O. The number of carbonyl (C=O) groups excluding carboxylic acids is 1. The molecule has 0 bridgehead atoms. The molecule has 0 unspecified atom stereocenters. The summed E-state index contributed by atoms with van der Waals surface area (Å²) < 4.78 is 0. The Morgan fingerprint density at radius 2 is 1.33 bits per heavy atom. The number of hydrogen-bond acceptors (Lipinski definition) is 2. The first-order valence-corrected chi connectivity index (χ1v) is 7.26. The van der Waals surface area contributed by atoms with Crippen LogP contribution in [-0.2, 0) is 9.59 Å². The Morgan fingerprint density at radius 3 is 1.83 bits per heavy atom. The smallest absolute Gasteiger partial charge is 0.303 e. The molecule has 0 atom stereocenters. The molecular weight excluding hydrogens is 228 g/mol. The summed E-state index contributed by atoms with van der Waals surface area (Å²) in [5.74, 6) is 0.358. The van der Waals surface area contributed by atoms with Crippen molar-refractivity contribution in [3.63, 3.8) is 0 Å². The van der Waals surface area contributed by atoms with Crippen molar-refractivity contribution in [2.24, 2.45) is 5.92 Å². The fraction of sp³-hybridized carbons (Fsp3) is 0.867. The molecule has 18 heavy (non-hydrogen) atoms. The molecular formula is C15H28O3. The number of unbranched alkanes of at least 4 members (excludes halogenated alkanes) is 4. The minimum atomic E-state index is -0.744. The molecule has 0 radical (unpaired) electrons. The van der Waals surface area contributed by atoms with Crippen LogP contribution in [0.4, 0.5) is 0 Å². The molecule has 0 aliphatic rings. The second kappa shape index (κ2) is 11.2. The van der Waals surface area contributed by atoms with Crippen molar-refractivity contribution in [2.45, 2.75) is 78.1 Å². The minimum Gasteiger partial charge on any atom is -0.481 e. The van der Waals surface area contributed by atoms with Gasteiger partial charge in [0.15, 0.2) is 0 Å². The summed E-state index contributed by atoms with van der Waals surface area (Å²) in [4.78, 5) is 21.8. The third kappa shape index (κ3) is 13.2. The molecule has 0 spiro atoms. The van der Waals surface area contributed by atoms with Gasteiger partial charge in [0.25, 0.3) is 0 Å². The van der Waals surface area contributed by atoms with Crippen LogP contribution in [-0.4, -0.2) is 16.9 Å². The number of hydrogen-bond donors (Lipinski definition) is 1. The lowest BCUT2D eigenvalue weighted by Crippen LogP contribution is -1.99. The van der Waals surface area contributed by atoms with Crippen molar-refractivity contribution in [1.29, 1.82) is 0 Å². The molecule has 106 valence electrons. The quantitative estimate of drug-likeness (QED) is 0.532. The number of Topliss-reactive ketones (excluding diaryl/α,β-unsaturated/α-hetero) is 1. The Labute approximate surface area is 111 Å². The molecule has 0 aromatic carbocycles. The van der Waals surface area contributed by atoms with Crippen molar-refractivity contribution in [3.8, 4) is 0 Å². The Bertz CT molecular complexity index is 234. The first-order valence-electron chi connectivity index (χ1n) is 7.26. The number of aliphatic carboxylic acids is 1. The molecule has 3 heteroatoms. The molecule has 0 aromatic rings. The van der Waals surface area contributed by atoms with Crippen LogP contribution in [0.5, 0.6) is 0 Å². The zero-order valence-corrected chi connectivity index (χ0v) is 11.9. The van der Waals surface area contributed by atoms with Gasteiger partial charge in [-0.15, -0.1) is 0 Å². The van der Waals surface area contributed by atoms with Gasteiger partial charge in [-0.2, -0.15) is 0 Å². The molecule has 0 aliphatic carbocycles. The van der Waals surface area contributed by atoms with E-state index in [0.717, 1.165) is 31.6 Å². The third-order valence-electron chi connectivity index (χ3n) is 3.08. The summed E-state index contributed by atoms with van der Waals surface area (Å²) in [5.41, 5.74) is 0. The van der Waals surface area contributed by atoms with E-state index in [2.05, 4.69) is 13.8 Å². The van der Waals surface area contributed by atoms with Crippen LogP contribution in [0.25, 0.3) is 0 Å². The van der Waals surface area contributed by atoms with E-state index >= 15 is 0 Å². The van der Waals surface area contributed by atoms with Crippen LogP contribution in [0, 0.1) is 5.92 Å². The topological polar surface area (TPSA) is 54.4 Å². The van der Waals surface area contributed by atoms with Gasteiger partial charge in [0, 0.05) is 19.3 Å². The zero-order chi connectivity index (χ0) is 13.8. The molecule has 0 aromatic heterocycles. The predicted molar refractivity (Wildman–Crippen MR) is 73.7 cm³/mol. The highest BCUT2D eigenvalue weighted by Gasteiger charge is 2.03. The van der Waals surface area contributed by atoms with E-state index in [1.54, 1.807) is 0 Å². The van der Waals surface area contributed by atoms with E-state index in [9.17, 15) is 9.59 Å². The van der Waals surface area contributed by atoms with Gasteiger partial charge in [0.1, 0.15) is 5.78 Å². The van der Waals surface area contributed by atoms with Crippen LogP contribution in [0.15, 0.2) is 0 Å². The zero-order valence-electron chi connectivity index (χ0n) is 11.9. The number of carboxylic acid groups (broad SMARTS) is 1. The number of ketones is 1. The summed E-state index contributed by atoms with van der Waals surface area (Å²) in [7, 11) is 0. The fourth-order valence-electron chi connectivity index (χ4n) is 1.95. The summed E-state index contributed by atoms with van der Waals surface area (Å²) in [6.07, 6.45) is 8.60. The Morgan fingerprint density at radius 1 is 0.833 bits per heavy atom. The van der Waals surface area contributed by atoms with Gasteiger partial charge in [-0.1, -0.05) is 39.5 Å². The van der Waals surface area contributed by atoms with Crippen LogP contribution in [0.2, 0.25) is 0 Å². The standard InChI is InChI=1S/C15H28O3/c1-13(2)9-5-3-6-10-14(16)11-7-4-8-12-15(17)18/h13H,3-12H2,1-2H3,(H,17,18). The number of rotatable bonds is 12. The van der Waals surface area contributed by atoms with Crippen molar-refractivity contribution in [3.05, 3.63) is 0 Å². The van der Waals surface area contributed by atoms with E-state index in [1.165, 1.54) is 12.8 Å². The maximum atomic E-state index is 11.5. The maximum absolute atomic E-state index is 11.5. The van der Waals surface area contributed by atoms with E-state index in [1.807, 2.05) is 0 Å². The molecule has 0 heterocycles. The van der Waals surface area contributed by atoms with Crippen molar-refractivity contribution in [2.75, 3.05) is 0 Å². The summed E-state index contributed by atoms with van der Waals surface area (Å²) in [6.45, 7) is 4.45. The van der Waals surface area contributed by atoms with Gasteiger partial charge >= 0.3 is 5.97 Å². The second-order valence-corrected chi connectivity index (χ2v) is 5.49. The summed E-state index contributed by atoms with van der Waals surface area (Å²) in [5, 5.41) is 8.46. The number of carboxylic acids is 1. The Hall–Kier alpha value is -0.860. The highest BCUT2D eigenvalue weighted by molar-refractivity contribution is 5.78. The van der Waals surface area contributed by atoms with Crippen LogP contribution >= 0.6 is 0 Å². The number of carbonyl (C=O) groups is 2. The molecule has 1 N–H and O–H groups in total. The van der Waals surface area contributed by atoms with Crippen LogP contribution in [0.3, 0.4) is 0 Å². The molecule has 0 saturated carbocycles.